The molecule has 0 bridgehead atoms. The van der Waals surface area contributed by atoms with Crippen molar-refractivity contribution < 1.29 is 12.8 Å². The van der Waals surface area contributed by atoms with Crippen molar-refractivity contribution in [2.75, 3.05) is 10.5 Å². The van der Waals surface area contributed by atoms with Gasteiger partial charge < -0.3 is 5.73 Å². The van der Waals surface area contributed by atoms with Gasteiger partial charge in [-0.1, -0.05) is 0 Å². The third-order valence-electron chi connectivity index (χ3n) is 2.52. The second-order valence-corrected chi connectivity index (χ2v) is 7.29. The van der Waals surface area contributed by atoms with Gasteiger partial charge in [-0.15, -0.1) is 0 Å². The van der Waals surface area contributed by atoms with Crippen LogP contribution in [0.25, 0.3) is 0 Å². The molecule has 1 aromatic carbocycles. The van der Waals surface area contributed by atoms with Crippen LogP contribution < -0.4 is 10.5 Å². The fourth-order valence-corrected chi connectivity index (χ4v) is 3.88. The third-order valence-corrected chi connectivity index (χ3v) is 4.93. The van der Waals surface area contributed by atoms with Crippen molar-refractivity contribution in [1.29, 1.82) is 0 Å². The summed E-state index contributed by atoms with van der Waals surface area (Å²) in [5.74, 6) is -0.656. The predicted octanol–water partition coefficient (Wildman–Crippen LogP) is 2.83. The van der Waals surface area contributed by atoms with Crippen molar-refractivity contribution in [1.82, 2.24) is 9.97 Å². The van der Waals surface area contributed by atoms with E-state index in [0.717, 1.165) is 12.1 Å². The lowest BCUT2D eigenvalue weighted by atomic mass is 10.2. The summed E-state index contributed by atoms with van der Waals surface area (Å²) in [6, 6.07) is 2.12. The summed E-state index contributed by atoms with van der Waals surface area (Å²) in [6.45, 7) is 1.47. The predicted molar refractivity (Wildman–Crippen MR) is 83.8 cm³/mol. The second kappa shape index (κ2) is 5.85. The van der Waals surface area contributed by atoms with E-state index in [9.17, 15) is 12.8 Å². The lowest BCUT2D eigenvalue weighted by Crippen LogP contribution is -2.16. The zero-order valence-corrected chi connectivity index (χ0v) is 14.6. The standard InChI is InChI=1S/C11H9Br2FN4O2S/c1-5-2-6(14)7(15)3-8(5)21(19,20)18-11-10(13)17-9(12)4-16-11/h2-4H,15H2,1H3,(H,16,18). The van der Waals surface area contributed by atoms with E-state index < -0.39 is 15.8 Å². The molecule has 3 N–H and O–H groups in total. The van der Waals surface area contributed by atoms with Gasteiger partial charge in [0.15, 0.2) is 10.4 Å². The van der Waals surface area contributed by atoms with Crippen LogP contribution in [-0.4, -0.2) is 18.4 Å². The van der Waals surface area contributed by atoms with Crippen molar-refractivity contribution in [3.05, 3.63) is 38.9 Å². The van der Waals surface area contributed by atoms with Crippen LogP contribution in [0, 0.1) is 12.7 Å². The van der Waals surface area contributed by atoms with Crippen molar-refractivity contribution >= 4 is 53.4 Å². The number of nitrogens with zero attached hydrogens (tertiary/aromatic N) is 2. The highest BCUT2D eigenvalue weighted by Gasteiger charge is 2.21. The zero-order valence-electron chi connectivity index (χ0n) is 10.6. The third kappa shape index (κ3) is 3.50. The number of halogens is 3. The van der Waals surface area contributed by atoms with Crippen LogP contribution in [0.4, 0.5) is 15.9 Å². The normalized spacial score (nSPS) is 11.4. The molecule has 21 heavy (non-hydrogen) atoms. The summed E-state index contributed by atoms with van der Waals surface area (Å²) in [4.78, 5) is 7.74. The number of nitrogen functional groups attached to an aromatic ring is 1. The number of benzene rings is 1. The molecule has 0 spiro atoms. The average molecular weight is 440 g/mol. The van der Waals surface area contributed by atoms with E-state index >= 15 is 0 Å². The van der Waals surface area contributed by atoms with E-state index in [1.807, 2.05) is 0 Å². The number of nitrogens with one attached hydrogen (secondary N) is 1. The number of anilines is 2. The zero-order chi connectivity index (χ0) is 15.8. The minimum absolute atomic E-state index is 0.0143. The van der Waals surface area contributed by atoms with Crippen LogP contribution in [0.5, 0.6) is 0 Å². The van der Waals surface area contributed by atoms with Crippen molar-refractivity contribution in [3.8, 4) is 0 Å². The molecule has 2 rings (SSSR count). The highest BCUT2D eigenvalue weighted by Crippen LogP contribution is 2.26. The van der Waals surface area contributed by atoms with Gasteiger partial charge in [0.25, 0.3) is 10.0 Å². The van der Waals surface area contributed by atoms with Gasteiger partial charge in [-0.3, -0.25) is 4.72 Å². The second-order valence-electron chi connectivity index (χ2n) is 4.08. The maximum absolute atomic E-state index is 13.3. The van der Waals surface area contributed by atoms with Gasteiger partial charge in [0.2, 0.25) is 0 Å². The molecule has 0 aliphatic carbocycles. The van der Waals surface area contributed by atoms with E-state index in [1.54, 1.807) is 0 Å². The fraction of sp³-hybridized carbons (Fsp3) is 0.0909. The number of aromatic nitrogens is 2. The van der Waals surface area contributed by atoms with Crippen LogP contribution in [0.1, 0.15) is 5.56 Å². The highest BCUT2D eigenvalue weighted by atomic mass is 79.9. The van der Waals surface area contributed by atoms with Crippen molar-refractivity contribution in [2.24, 2.45) is 0 Å². The molecule has 10 heteroatoms. The monoisotopic (exact) mass is 438 g/mol. The quantitative estimate of drug-likeness (QED) is 0.716. The van der Waals surface area contributed by atoms with E-state index in [-0.39, 0.29) is 26.6 Å². The van der Waals surface area contributed by atoms with Crippen molar-refractivity contribution in [3.63, 3.8) is 0 Å². The van der Waals surface area contributed by atoms with Gasteiger partial charge in [-0.05, 0) is 56.5 Å². The maximum atomic E-state index is 13.3. The molecule has 6 nitrogen and oxygen atoms in total. The Morgan fingerprint density at radius 3 is 2.62 bits per heavy atom. The molecule has 2 aromatic rings. The van der Waals surface area contributed by atoms with Gasteiger partial charge in [0, 0.05) is 0 Å². The van der Waals surface area contributed by atoms with Crippen LogP contribution in [0.2, 0.25) is 0 Å². The highest BCUT2D eigenvalue weighted by molar-refractivity contribution is 9.11. The molecule has 0 saturated heterocycles. The number of hydrogen-bond acceptors (Lipinski definition) is 5. The Balaban J connectivity index is 2.46. The number of nitrogens with two attached hydrogens (primary N) is 1. The summed E-state index contributed by atoms with van der Waals surface area (Å²) in [6.07, 6.45) is 1.34. The number of sulfonamides is 1. The van der Waals surface area contributed by atoms with Crippen LogP contribution in [-0.2, 0) is 10.0 Å². The molecule has 0 amide bonds. The molecule has 1 heterocycles. The first-order valence-electron chi connectivity index (χ1n) is 5.47. The number of rotatable bonds is 3. The Bertz CT molecular complexity index is 814. The Kier molecular flexibility index (Phi) is 4.49. The van der Waals surface area contributed by atoms with Gasteiger partial charge in [0.1, 0.15) is 10.4 Å². The first-order chi connectivity index (χ1) is 9.70. The molecule has 0 aliphatic heterocycles. The van der Waals surface area contributed by atoms with E-state index in [1.165, 1.54) is 13.1 Å². The summed E-state index contributed by atoms with van der Waals surface area (Å²) < 4.78 is 40.9. The molecular formula is C11H9Br2FN4O2S. The fourth-order valence-electron chi connectivity index (χ4n) is 1.56. The molecule has 0 unspecified atom stereocenters. The molecule has 112 valence electrons. The molecule has 1 aromatic heterocycles. The summed E-state index contributed by atoms with van der Waals surface area (Å²) >= 11 is 6.21. The van der Waals surface area contributed by atoms with Gasteiger partial charge in [0.05, 0.1) is 16.8 Å². The maximum Gasteiger partial charge on any atom is 0.263 e. The topological polar surface area (TPSA) is 98.0 Å². The Morgan fingerprint density at radius 2 is 2.00 bits per heavy atom. The van der Waals surface area contributed by atoms with Crippen LogP contribution in [0.3, 0.4) is 0 Å². The van der Waals surface area contributed by atoms with E-state index in [2.05, 4.69) is 46.5 Å². The minimum atomic E-state index is -3.96. The Morgan fingerprint density at radius 1 is 1.33 bits per heavy atom. The molecule has 0 aliphatic rings. The lowest BCUT2D eigenvalue weighted by Gasteiger charge is -2.11. The first kappa shape index (κ1) is 16.1. The number of aryl methyl sites for hydroxylation is 1. The molecular weight excluding hydrogens is 431 g/mol. The van der Waals surface area contributed by atoms with Gasteiger partial charge in [-0.25, -0.2) is 22.8 Å². The first-order valence-corrected chi connectivity index (χ1v) is 8.54. The van der Waals surface area contributed by atoms with Gasteiger partial charge >= 0.3 is 0 Å². The number of hydrogen-bond donors (Lipinski definition) is 2. The lowest BCUT2D eigenvalue weighted by molar-refractivity contribution is 0.599. The Labute approximate surface area is 137 Å². The van der Waals surface area contributed by atoms with Crippen molar-refractivity contribution in [2.45, 2.75) is 11.8 Å². The van der Waals surface area contributed by atoms with Gasteiger partial charge in [-0.2, -0.15) is 0 Å². The molecule has 0 fully saturated rings. The molecule has 0 atom stereocenters. The van der Waals surface area contributed by atoms with Crippen LogP contribution in [0.15, 0.2) is 32.4 Å². The van der Waals surface area contributed by atoms with E-state index in [4.69, 9.17) is 5.73 Å². The SMILES string of the molecule is Cc1cc(F)c(N)cc1S(=O)(=O)Nc1ncc(Br)nc1Br. The summed E-state index contributed by atoms with van der Waals surface area (Å²) in [7, 11) is -3.96. The summed E-state index contributed by atoms with van der Waals surface area (Å²) in [5.41, 5.74) is 5.40. The van der Waals surface area contributed by atoms with E-state index in [0.29, 0.717) is 4.60 Å². The molecule has 0 radical (unpaired) electrons. The van der Waals surface area contributed by atoms with Crippen LogP contribution >= 0.6 is 31.9 Å². The average Bonchev–Trinajstić information content (AvgIpc) is 2.37. The summed E-state index contributed by atoms with van der Waals surface area (Å²) in [5, 5.41) is 0. The minimum Gasteiger partial charge on any atom is -0.396 e. The largest absolute Gasteiger partial charge is 0.396 e. The Hall–Kier alpha value is -1.26. The molecule has 0 saturated carbocycles. The smallest absolute Gasteiger partial charge is 0.263 e.